The van der Waals surface area contributed by atoms with Crippen molar-refractivity contribution in [3.63, 3.8) is 0 Å². The van der Waals surface area contributed by atoms with Crippen LogP contribution in [0.4, 0.5) is 0 Å². The van der Waals surface area contributed by atoms with E-state index < -0.39 is 0 Å². The summed E-state index contributed by atoms with van der Waals surface area (Å²) in [5.41, 5.74) is 0.444. The van der Waals surface area contributed by atoms with Crippen LogP contribution in [0.15, 0.2) is 12.7 Å². The number of likely N-dealkylation sites (tertiary alicyclic amines) is 1. The van der Waals surface area contributed by atoms with Crippen LogP contribution < -0.4 is 5.32 Å². The van der Waals surface area contributed by atoms with Crippen molar-refractivity contribution >= 4 is 0 Å². The first-order chi connectivity index (χ1) is 7.83. The molecular weight excluding hydrogens is 196 g/mol. The molecule has 1 atom stereocenters. The van der Waals surface area contributed by atoms with Gasteiger partial charge >= 0.3 is 0 Å². The van der Waals surface area contributed by atoms with Crippen molar-refractivity contribution in [1.29, 1.82) is 0 Å². The van der Waals surface area contributed by atoms with Gasteiger partial charge in [0.25, 0.3) is 0 Å². The van der Waals surface area contributed by atoms with Crippen LogP contribution in [0.1, 0.15) is 44.9 Å². The van der Waals surface area contributed by atoms with E-state index in [1.165, 1.54) is 51.6 Å². The monoisotopic (exact) mass is 222 g/mol. The quantitative estimate of drug-likeness (QED) is 0.719. The third-order valence-electron chi connectivity index (χ3n) is 4.60. The minimum Gasteiger partial charge on any atom is -0.315 e. The van der Waals surface area contributed by atoms with E-state index in [9.17, 15) is 0 Å². The highest BCUT2D eigenvalue weighted by Crippen LogP contribution is 2.40. The molecule has 2 heteroatoms. The molecule has 2 rings (SSSR count). The van der Waals surface area contributed by atoms with Crippen molar-refractivity contribution in [2.75, 3.05) is 20.1 Å². The molecular formula is C14H26N2. The molecule has 0 bridgehead atoms. The molecule has 0 spiro atoms. The molecule has 1 saturated heterocycles. The molecule has 0 aromatic heterocycles. The van der Waals surface area contributed by atoms with Crippen molar-refractivity contribution in [2.24, 2.45) is 0 Å². The third-order valence-corrected chi connectivity index (χ3v) is 4.60. The largest absolute Gasteiger partial charge is 0.315 e. The molecule has 0 amide bonds. The fourth-order valence-corrected chi connectivity index (χ4v) is 3.81. The second kappa shape index (κ2) is 5.33. The molecule has 92 valence electrons. The van der Waals surface area contributed by atoms with Crippen molar-refractivity contribution in [1.82, 2.24) is 10.2 Å². The molecule has 0 aromatic rings. The van der Waals surface area contributed by atoms with Gasteiger partial charge in [0, 0.05) is 11.6 Å². The number of rotatable bonds is 5. The van der Waals surface area contributed by atoms with Gasteiger partial charge in [-0.2, -0.15) is 0 Å². The summed E-state index contributed by atoms with van der Waals surface area (Å²) in [7, 11) is 2.12. The molecule has 16 heavy (non-hydrogen) atoms. The van der Waals surface area contributed by atoms with Crippen LogP contribution in [0.2, 0.25) is 0 Å². The normalized spacial score (nSPS) is 27.1. The van der Waals surface area contributed by atoms with Crippen molar-refractivity contribution in [3.05, 3.63) is 12.7 Å². The lowest BCUT2D eigenvalue weighted by molar-refractivity contribution is 0.0808. The van der Waals surface area contributed by atoms with Gasteiger partial charge < -0.3 is 5.32 Å². The number of likely N-dealkylation sites (N-methyl/N-ethyl adjacent to an activating group) is 1. The summed E-state index contributed by atoms with van der Waals surface area (Å²) in [6.07, 6.45) is 11.6. The molecule has 1 heterocycles. The summed E-state index contributed by atoms with van der Waals surface area (Å²) in [5, 5.41) is 3.55. The molecule has 2 fully saturated rings. The zero-order valence-electron chi connectivity index (χ0n) is 10.7. The van der Waals surface area contributed by atoms with E-state index >= 15 is 0 Å². The maximum absolute atomic E-state index is 3.92. The number of nitrogens with zero attached hydrogens (tertiary/aromatic N) is 1. The summed E-state index contributed by atoms with van der Waals surface area (Å²) in [5.74, 6) is 0. The molecule has 0 radical (unpaired) electrons. The lowest BCUT2D eigenvalue weighted by atomic mass is 9.84. The van der Waals surface area contributed by atoms with Gasteiger partial charge in [-0.1, -0.05) is 18.9 Å². The second-order valence-corrected chi connectivity index (χ2v) is 5.37. The smallest absolute Gasteiger partial charge is 0.0365 e. The third kappa shape index (κ3) is 2.05. The van der Waals surface area contributed by atoms with Crippen molar-refractivity contribution < 1.29 is 0 Å². The highest BCUT2D eigenvalue weighted by Gasteiger charge is 2.45. The molecule has 1 N–H and O–H groups in total. The fraction of sp³-hybridized carbons (Fsp3) is 0.857. The predicted molar refractivity (Wildman–Crippen MR) is 69.7 cm³/mol. The SMILES string of the molecule is C=CCC(NC)C1(N2CCCC2)CCCC1. The summed E-state index contributed by atoms with van der Waals surface area (Å²) in [4.78, 5) is 2.77. The summed E-state index contributed by atoms with van der Waals surface area (Å²) < 4.78 is 0. The summed E-state index contributed by atoms with van der Waals surface area (Å²) in [6, 6.07) is 0.602. The average Bonchev–Trinajstić information content (AvgIpc) is 2.95. The van der Waals surface area contributed by atoms with Gasteiger partial charge in [0.1, 0.15) is 0 Å². The van der Waals surface area contributed by atoms with Gasteiger partial charge in [0.05, 0.1) is 0 Å². The number of nitrogens with one attached hydrogen (secondary N) is 1. The van der Waals surface area contributed by atoms with E-state index in [-0.39, 0.29) is 0 Å². The molecule has 0 aromatic carbocycles. The van der Waals surface area contributed by atoms with Crippen LogP contribution in [0.3, 0.4) is 0 Å². The van der Waals surface area contributed by atoms with Crippen LogP contribution >= 0.6 is 0 Å². The van der Waals surface area contributed by atoms with Crippen LogP contribution in [0.25, 0.3) is 0 Å². The second-order valence-electron chi connectivity index (χ2n) is 5.37. The first-order valence-electron chi connectivity index (χ1n) is 6.87. The molecule has 1 saturated carbocycles. The van der Waals surface area contributed by atoms with Gasteiger partial charge in [-0.05, 0) is 52.2 Å². The standard InChI is InChI=1S/C14H26N2/c1-3-8-13(15-2)14(9-4-5-10-14)16-11-6-7-12-16/h3,13,15H,1,4-12H2,2H3. The molecule has 1 aliphatic carbocycles. The van der Waals surface area contributed by atoms with Gasteiger partial charge in [0.15, 0.2) is 0 Å². The van der Waals surface area contributed by atoms with Crippen LogP contribution in [-0.4, -0.2) is 36.6 Å². The van der Waals surface area contributed by atoms with E-state index in [1.54, 1.807) is 0 Å². The van der Waals surface area contributed by atoms with Crippen molar-refractivity contribution in [2.45, 2.75) is 56.5 Å². The molecule has 1 unspecified atom stereocenters. The minimum absolute atomic E-state index is 0.444. The van der Waals surface area contributed by atoms with E-state index in [1.807, 2.05) is 0 Å². The Morgan fingerprint density at radius 3 is 2.38 bits per heavy atom. The Hall–Kier alpha value is -0.340. The zero-order chi connectivity index (χ0) is 11.4. The Morgan fingerprint density at radius 1 is 1.25 bits per heavy atom. The van der Waals surface area contributed by atoms with Crippen LogP contribution in [0, 0.1) is 0 Å². The fourth-order valence-electron chi connectivity index (χ4n) is 3.81. The van der Waals surface area contributed by atoms with E-state index in [4.69, 9.17) is 0 Å². The summed E-state index contributed by atoms with van der Waals surface area (Å²) in [6.45, 7) is 6.55. The zero-order valence-corrected chi connectivity index (χ0v) is 10.7. The van der Waals surface area contributed by atoms with E-state index in [2.05, 4.69) is 29.9 Å². The van der Waals surface area contributed by atoms with Crippen LogP contribution in [0.5, 0.6) is 0 Å². The number of hydrogen-bond donors (Lipinski definition) is 1. The number of hydrogen-bond acceptors (Lipinski definition) is 2. The maximum atomic E-state index is 3.92. The Bertz CT molecular complexity index is 225. The predicted octanol–water partition coefficient (Wildman–Crippen LogP) is 2.56. The molecule has 2 aliphatic rings. The maximum Gasteiger partial charge on any atom is 0.0365 e. The topological polar surface area (TPSA) is 15.3 Å². The van der Waals surface area contributed by atoms with Gasteiger partial charge in [-0.25, -0.2) is 0 Å². The Labute approximate surface area is 100 Å². The Morgan fingerprint density at radius 2 is 1.88 bits per heavy atom. The average molecular weight is 222 g/mol. The van der Waals surface area contributed by atoms with E-state index in [0.717, 1.165) is 6.42 Å². The highest BCUT2D eigenvalue weighted by molar-refractivity contribution is 5.05. The van der Waals surface area contributed by atoms with Crippen LogP contribution in [-0.2, 0) is 0 Å². The van der Waals surface area contributed by atoms with Crippen molar-refractivity contribution in [3.8, 4) is 0 Å². The summed E-state index contributed by atoms with van der Waals surface area (Å²) >= 11 is 0. The lowest BCUT2D eigenvalue weighted by Gasteiger charge is -2.45. The van der Waals surface area contributed by atoms with Gasteiger partial charge in [-0.3, -0.25) is 4.90 Å². The van der Waals surface area contributed by atoms with Gasteiger partial charge in [-0.15, -0.1) is 6.58 Å². The Kier molecular flexibility index (Phi) is 4.04. The molecule has 2 nitrogen and oxygen atoms in total. The Balaban J connectivity index is 2.15. The van der Waals surface area contributed by atoms with E-state index in [0.29, 0.717) is 11.6 Å². The first-order valence-corrected chi connectivity index (χ1v) is 6.87. The highest BCUT2D eigenvalue weighted by atomic mass is 15.2. The lowest BCUT2D eigenvalue weighted by Crippen LogP contribution is -2.58. The van der Waals surface area contributed by atoms with Gasteiger partial charge in [0.2, 0.25) is 0 Å². The molecule has 1 aliphatic heterocycles. The first kappa shape index (κ1) is 12.1. The minimum atomic E-state index is 0.444.